The Kier molecular flexibility index (Phi) is 16.6. The quantitative estimate of drug-likeness (QED) is 0.0393. The molecular weight excluding hydrogens is 1100 g/mol. The highest BCUT2D eigenvalue weighted by Crippen LogP contribution is 2.35. The third-order valence-electron chi connectivity index (χ3n) is 15.5. The number of nitrogens with one attached hydrogen (secondary N) is 6. The predicted molar refractivity (Wildman–Crippen MR) is 329 cm³/mol. The lowest BCUT2D eigenvalue weighted by Gasteiger charge is -2.13. The van der Waals surface area contributed by atoms with Crippen molar-refractivity contribution in [2.75, 3.05) is 35.6 Å². The molecule has 0 unspecified atom stereocenters. The molecule has 10 aromatic rings. The average molecular weight is 1160 g/mol. The molecule has 3 aliphatic rings. The van der Waals surface area contributed by atoms with Crippen molar-refractivity contribution in [1.82, 2.24) is 60.9 Å². The lowest BCUT2D eigenvalue weighted by molar-refractivity contribution is -0.118. The Balaban J connectivity index is 0.685. The number of rotatable bonds is 21. The molecule has 87 heavy (non-hydrogen) atoms. The first-order valence-electron chi connectivity index (χ1n) is 29.3. The molecule has 13 rings (SSSR count). The minimum absolute atomic E-state index is 0.0415. The van der Waals surface area contributed by atoms with Gasteiger partial charge < -0.3 is 46.1 Å². The van der Waals surface area contributed by atoms with Crippen LogP contribution in [0.4, 0.5) is 17.1 Å². The van der Waals surface area contributed by atoms with Crippen LogP contribution in [-0.2, 0) is 34.2 Å². The van der Waals surface area contributed by atoms with E-state index in [-0.39, 0.29) is 55.7 Å². The van der Waals surface area contributed by atoms with E-state index in [0.29, 0.717) is 51.4 Å². The molecule has 6 heterocycles. The number of amides is 3. The first-order valence-corrected chi connectivity index (χ1v) is 29.3. The van der Waals surface area contributed by atoms with Gasteiger partial charge in [-0.3, -0.25) is 14.4 Å². The van der Waals surface area contributed by atoms with Crippen LogP contribution >= 0.6 is 0 Å². The van der Waals surface area contributed by atoms with Crippen molar-refractivity contribution in [1.29, 1.82) is 0 Å². The van der Waals surface area contributed by atoms with Gasteiger partial charge in [-0.1, -0.05) is 70.2 Å². The van der Waals surface area contributed by atoms with Crippen molar-refractivity contribution < 1.29 is 28.6 Å². The zero-order valence-electron chi connectivity index (χ0n) is 47.5. The van der Waals surface area contributed by atoms with Gasteiger partial charge in [0.2, 0.25) is 17.7 Å². The maximum absolute atomic E-state index is 12.7. The fourth-order valence-corrected chi connectivity index (χ4v) is 10.9. The molecule has 0 spiro atoms. The van der Waals surface area contributed by atoms with Gasteiger partial charge in [0.1, 0.15) is 54.2 Å². The van der Waals surface area contributed by atoms with Crippen LogP contribution in [0.1, 0.15) is 55.6 Å². The molecule has 3 atom stereocenters. The van der Waals surface area contributed by atoms with E-state index in [1.54, 1.807) is 14.0 Å². The summed E-state index contributed by atoms with van der Waals surface area (Å²) in [5, 5.41) is 44.9. The first kappa shape index (κ1) is 55.8. The molecule has 3 aliphatic heterocycles. The largest absolute Gasteiger partial charge is 0.487 e. The fraction of sp³-hybridized carbons (Fsp3) is 0.227. The van der Waals surface area contributed by atoms with Crippen LogP contribution in [0.5, 0.6) is 17.2 Å². The van der Waals surface area contributed by atoms with Crippen LogP contribution < -0.4 is 46.1 Å². The summed E-state index contributed by atoms with van der Waals surface area (Å²) in [6.07, 6.45) is 10.9. The van der Waals surface area contributed by atoms with Crippen molar-refractivity contribution in [3.05, 3.63) is 199 Å². The van der Waals surface area contributed by atoms with Gasteiger partial charge in [0.15, 0.2) is 0 Å². The Morgan fingerprint density at radius 2 is 0.690 bits per heavy atom. The Hall–Kier alpha value is -10.3. The van der Waals surface area contributed by atoms with E-state index in [1.165, 1.54) is 0 Å². The highest BCUT2D eigenvalue weighted by molar-refractivity contribution is 5.96. The Morgan fingerprint density at radius 1 is 0.391 bits per heavy atom. The number of hydrogen-bond donors (Lipinski definition) is 6. The molecule has 3 amide bonds. The summed E-state index contributed by atoms with van der Waals surface area (Å²) in [4.78, 5) is 38.2. The number of anilines is 3. The van der Waals surface area contributed by atoms with E-state index in [4.69, 9.17) is 14.2 Å². The second-order valence-electron chi connectivity index (χ2n) is 21.8. The molecule has 3 saturated heterocycles. The zero-order valence-corrected chi connectivity index (χ0v) is 47.5. The summed E-state index contributed by atoms with van der Waals surface area (Å²) in [5.74, 6) is 1.89. The van der Waals surface area contributed by atoms with Crippen molar-refractivity contribution in [3.8, 4) is 67.7 Å². The highest BCUT2D eigenvalue weighted by Gasteiger charge is 2.25. The number of hydrogen-bond acceptors (Lipinski definition) is 15. The smallest absolute Gasteiger partial charge is 0.241 e. The van der Waals surface area contributed by atoms with Gasteiger partial charge in [0.05, 0.1) is 53.8 Å². The van der Waals surface area contributed by atoms with E-state index >= 15 is 0 Å². The number of aromatic nitrogens is 9. The molecule has 0 saturated carbocycles. The highest BCUT2D eigenvalue weighted by atomic mass is 16.5. The molecule has 6 N–H and O–H groups in total. The minimum Gasteiger partial charge on any atom is -0.487 e. The normalized spacial score (nSPS) is 16.3. The third kappa shape index (κ3) is 13.8. The molecule has 0 radical (unpaired) electrons. The van der Waals surface area contributed by atoms with Gasteiger partial charge in [-0.2, -0.15) is 0 Å². The summed E-state index contributed by atoms with van der Waals surface area (Å²) in [7, 11) is 0. The standard InChI is InChI=1S/C66H63N15O6/c82-64(61-13-4-28-67-61)70-49-7-1-10-55(34-49)79-37-52(73-76-79)40-85-58-22-16-43(17-23-58)46-31-47(44-18-24-59(25-19-44)86-41-53-38-80(77-74-53)56-11-2-8-50(35-56)71-65(83)62-14-5-29-68-62)33-48(32-46)45-20-26-60(27-21-45)87-42-54-39-81(78-75-54)57-12-3-9-51(36-57)72-66(84)63-15-6-30-69-63/h1-3,7-12,16-27,31-39,61-63,67-69H,4-6,13-15,28-30,40-42H2,(H,70,82)(H,71,83)(H,72,84)/t61-,62-,63-/m0/s1. The zero-order chi connectivity index (χ0) is 58.9. The molecule has 7 aromatic carbocycles. The van der Waals surface area contributed by atoms with E-state index < -0.39 is 0 Å². The number of benzene rings is 7. The lowest BCUT2D eigenvalue weighted by atomic mass is 9.93. The number of nitrogens with zero attached hydrogens (tertiary/aromatic N) is 9. The first-order chi connectivity index (χ1) is 42.7. The number of carbonyl (C=O) groups excluding carboxylic acids is 3. The van der Waals surface area contributed by atoms with Crippen molar-refractivity contribution in [3.63, 3.8) is 0 Å². The molecule has 3 fully saturated rings. The Bertz CT molecular complexity index is 3610. The van der Waals surface area contributed by atoms with Crippen LogP contribution in [0, 0.1) is 0 Å². The summed E-state index contributed by atoms with van der Waals surface area (Å²) in [6, 6.07) is 52.5. The molecule has 21 heteroatoms. The second kappa shape index (κ2) is 25.9. The summed E-state index contributed by atoms with van der Waals surface area (Å²) < 4.78 is 23.7. The minimum atomic E-state index is -0.181. The predicted octanol–water partition coefficient (Wildman–Crippen LogP) is 9.24. The molecule has 21 nitrogen and oxygen atoms in total. The van der Waals surface area contributed by atoms with Gasteiger partial charge >= 0.3 is 0 Å². The summed E-state index contributed by atoms with van der Waals surface area (Å²) >= 11 is 0. The number of ether oxygens (including phenoxy) is 3. The van der Waals surface area contributed by atoms with E-state index in [9.17, 15) is 14.4 Å². The number of carbonyl (C=O) groups is 3. The molecule has 438 valence electrons. The Morgan fingerprint density at radius 3 is 0.966 bits per heavy atom. The van der Waals surface area contributed by atoms with Crippen LogP contribution in [0.15, 0.2) is 182 Å². The van der Waals surface area contributed by atoms with E-state index in [1.807, 2.05) is 164 Å². The SMILES string of the molecule is O=C(Nc1cccc(-n2cc(COc3ccc(-c4cc(-c5ccc(OCc6cn(-c7cccc(NC(=O)[C@@H]8CCCN8)c7)nn6)cc5)cc(-c5ccc(OCc6cn(-c7cccc(NC(=O)[C@@H]8CCCN8)c7)nn6)cc5)c4)cc3)nn2)c1)[C@@H]1CCCN1. The van der Waals surface area contributed by atoms with Gasteiger partial charge in [0.25, 0.3) is 0 Å². The molecule has 0 bridgehead atoms. The molecule has 3 aromatic heterocycles. The van der Waals surface area contributed by atoms with Crippen LogP contribution in [0.3, 0.4) is 0 Å². The van der Waals surface area contributed by atoms with Crippen molar-refractivity contribution >= 4 is 34.8 Å². The third-order valence-corrected chi connectivity index (χ3v) is 15.5. The van der Waals surface area contributed by atoms with Crippen molar-refractivity contribution in [2.45, 2.75) is 76.5 Å². The molecular formula is C66H63N15O6. The second-order valence-corrected chi connectivity index (χ2v) is 21.8. The Labute approximate surface area is 501 Å². The lowest BCUT2D eigenvalue weighted by Crippen LogP contribution is -2.35. The van der Waals surface area contributed by atoms with Crippen LogP contribution in [0.25, 0.3) is 50.4 Å². The van der Waals surface area contributed by atoms with Crippen LogP contribution in [0.2, 0.25) is 0 Å². The van der Waals surface area contributed by atoms with E-state index in [0.717, 1.165) is 109 Å². The van der Waals surface area contributed by atoms with E-state index in [2.05, 4.69) is 81.0 Å². The van der Waals surface area contributed by atoms with Gasteiger partial charge in [0, 0.05) is 17.1 Å². The van der Waals surface area contributed by atoms with Crippen molar-refractivity contribution in [2.24, 2.45) is 0 Å². The van der Waals surface area contributed by atoms with Gasteiger partial charge in [-0.15, -0.1) is 15.3 Å². The maximum Gasteiger partial charge on any atom is 0.241 e. The summed E-state index contributed by atoms with van der Waals surface area (Å²) in [5.41, 5.74) is 12.3. The summed E-state index contributed by atoms with van der Waals surface area (Å²) in [6.45, 7) is 3.14. The van der Waals surface area contributed by atoms with Gasteiger partial charge in [-0.05, 0) is 201 Å². The molecule has 0 aliphatic carbocycles. The monoisotopic (exact) mass is 1160 g/mol. The fourth-order valence-electron chi connectivity index (χ4n) is 10.9. The van der Waals surface area contributed by atoms with Crippen LogP contribution in [-0.4, -0.2) is 100 Å². The average Bonchev–Trinajstić information content (AvgIpc) is 4.07. The van der Waals surface area contributed by atoms with Gasteiger partial charge in [-0.25, -0.2) is 14.0 Å². The topological polar surface area (TPSA) is 243 Å². The maximum atomic E-state index is 12.7.